The fourth-order valence-corrected chi connectivity index (χ4v) is 3.77. The molecule has 2 bridgehead atoms. The summed E-state index contributed by atoms with van der Waals surface area (Å²) in [7, 11) is 0. The standard InChI is InChI=1S/C17H16ClF4N3O5/c18-10-2-1-9(3-11(10)19)29-4-12(26)23-16-6-15(7-16,8-16)14(28)25-24-13(27)5-30-17(20,21)22/h1-3H,4-8H2,(H,23,26)(H,24,27)(H,25,28). The average molecular weight is 454 g/mol. The number of carbonyl (C=O) groups is 3. The number of rotatable bonds is 7. The van der Waals surface area contributed by atoms with E-state index in [1.165, 1.54) is 12.1 Å². The van der Waals surface area contributed by atoms with Crippen LogP contribution in [-0.2, 0) is 19.1 Å². The molecule has 0 unspecified atom stereocenters. The Morgan fingerprint density at radius 1 is 1.07 bits per heavy atom. The Morgan fingerprint density at radius 2 is 1.73 bits per heavy atom. The van der Waals surface area contributed by atoms with Crippen LogP contribution < -0.4 is 20.9 Å². The lowest BCUT2D eigenvalue weighted by molar-refractivity contribution is -0.321. The van der Waals surface area contributed by atoms with Crippen molar-refractivity contribution in [2.45, 2.75) is 31.2 Å². The maximum Gasteiger partial charge on any atom is 0.523 e. The van der Waals surface area contributed by atoms with Gasteiger partial charge in [-0.05, 0) is 31.4 Å². The molecule has 3 aliphatic carbocycles. The molecule has 4 rings (SSSR count). The number of alkyl halides is 3. The average Bonchev–Trinajstić information content (AvgIpc) is 2.60. The van der Waals surface area contributed by atoms with Gasteiger partial charge in [-0.3, -0.25) is 30.0 Å². The van der Waals surface area contributed by atoms with E-state index < -0.39 is 47.5 Å². The molecule has 164 valence electrons. The van der Waals surface area contributed by atoms with Gasteiger partial charge in [0.05, 0.1) is 10.4 Å². The third-order valence-corrected chi connectivity index (χ3v) is 5.17. The maximum atomic E-state index is 13.3. The Labute approximate surface area is 172 Å². The fraction of sp³-hybridized carbons (Fsp3) is 0.471. The summed E-state index contributed by atoms with van der Waals surface area (Å²) in [6, 6.07) is 3.75. The zero-order valence-corrected chi connectivity index (χ0v) is 16.0. The Kier molecular flexibility index (Phi) is 5.83. The summed E-state index contributed by atoms with van der Waals surface area (Å²) in [5.41, 5.74) is 2.52. The molecule has 3 fully saturated rings. The minimum atomic E-state index is -4.95. The van der Waals surface area contributed by atoms with Crippen LogP contribution in [-0.4, -0.2) is 42.8 Å². The van der Waals surface area contributed by atoms with E-state index in [1.807, 2.05) is 5.43 Å². The van der Waals surface area contributed by atoms with E-state index in [0.29, 0.717) is 19.3 Å². The number of halogens is 5. The number of hydrogen-bond acceptors (Lipinski definition) is 5. The lowest BCUT2D eigenvalue weighted by Crippen LogP contribution is -2.79. The minimum Gasteiger partial charge on any atom is -0.484 e. The molecule has 3 saturated carbocycles. The van der Waals surface area contributed by atoms with Crippen molar-refractivity contribution in [3.8, 4) is 5.75 Å². The van der Waals surface area contributed by atoms with E-state index in [2.05, 4.69) is 15.5 Å². The molecule has 13 heteroatoms. The molecule has 0 atom stereocenters. The molecule has 0 aliphatic heterocycles. The zero-order chi connectivity index (χ0) is 22.2. The molecular weight excluding hydrogens is 438 g/mol. The Hall–Kier alpha value is -2.60. The Morgan fingerprint density at radius 3 is 2.33 bits per heavy atom. The number of nitrogens with one attached hydrogen (secondary N) is 3. The van der Waals surface area contributed by atoms with Crippen molar-refractivity contribution >= 4 is 29.3 Å². The van der Waals surface area contributed by atoms with Crippen molar-refractivity contribution in [3.05, 3.63) is 29.0 Å². The highest BCUT2D eigenvalue weighted by Crippen LogP contribution is 2.67. The van der Waals surface area contributed by atoms with Gasteiger partial charge >= 0.3 is 6.36 Å². The molecular formula is C17H16ClF4N3O5. The molecule has 1 aromatic rings. The predicted molar refractivity (Wildman–Crippen MR) is 92.4 cm³/mol. The van der Waals surface area contributed by atoms with Crippen LogP contribution in [0.1, 0.15) is 19.3 Å². The van der Waals surface area contributed by atoms with Gasteiger partial charge in [0.15, 0.2) is 6.61 Å². The molecule has 3 N–H and O–H groups in total. The van der Waals surface area contributed by atoms with Gasteiger partial charge in [-0.2, -0.15) is 0 Å². The lowest BCUT2D eigenvalue weighted by Gasteiger charge is -2.68. The second-order valence-corrected chi connectivity index (χ2v) is 7.65. The summed E-state index contributed by atoms with van der Waals surface area (Å²) in [6.45, 7) is -1.65. The van der Waals surface area contributed by atoms with E-state index >= 15 is 0 Å². The van der Waals surface area contributed by atoms with Gasteiger partial charge in [0.25, 0.3) is 11.8 Å². The fourth-order valence-electron chi connectivity index (χ4n) is 3.65. The van der Waals surface area contributed by atoms with Crippen molar-refractivity contribution in [2.24, 2.45) is 5.41 Å². The van der Waals surface area contributed by atoms with Crippen LogP contribution in [0.15, 0.2) is 18.2 Å². The van der Waals surface area contributed by atoms with Crippen LogP contribution >= 0.6 is 11.6 Å². The number of hydrazine groups is 1. The van der Waals surface area contributed by atoms with Gasteiger partial charge in [0, 0.05) is 11.6 Å². The van der Waals surface area contributed by atoms with Crippen molar-refractivity contribution < 1.29 is 41.4 Å². The lowest BCUT2D eigenvalue weighted by atomic mass is 9.39. The third-order valence-electron chi connectivity index (χ3n) is 4.86. The molecule has 30 heavy (non-hydrogen) atoms. The third kappa shape index (κ3) is 4.93. The van der Waals surface area contributed by atoms with E-state index in [-0.39, 0.29) is 17.4 Å². The first kappa shape index (κ1) is 22.1. The molecule has 0 saturated heterocycles. The SMILES string of the molecule is O=C(COC(F)(F)F)NNC(=O)C12CC(NC(=O)COc3ccc(Cl)c(F)c3)(C1)C2. The molecule has 0 spiro atoms. The van der Waals surface area contributed by atoms with Gasteiger partial charge in [-0.25, -0.2) is 4.39 Å². The predicted octanol–water partition coefficient (Wildman–Crippen LogP) is 1.58. The normalized spacial score (nSPS) is 24.2. The highest BCUT2D eigenvalue weighted by molar-refractivity contribution is 6.30. The number of benzene rings is 1. The van der Waals surface area contributed by atoms with E-state index in [4.69, 9.17) is 16.3 Å². The van der Waals surface area contributed by atoms with Crippen LogP contribution in [0.25, 0.3) is 0 Å². The Balaban J connectivity index is 1.36. The molecule has 8 nitrogen and oxygen atoms in total. The number of carbonyl (C=O) groups excluding carboxylic acids is 3. The van der Waals surface area contributed by atoms with Crippen LogP contribution in [0.5, 0.6) is 5.75 Å². The van der Waals surface area contributed by atoms with Crippen LogP contribution in [0.3, 0.4) is 0 Å². The molecule has 0 aromatic heterocycles. The van der Waals surface area contributed by atoms with E-state index in [1.54, 1.807) is 0 Å². The van der Waals surface area contributed by atoms with Crippen molar-refractivity contribution in [1.29, 1.82) is 0 Å². The van der Waals surface area contributed by atoms with Gasteiger partial charge in [-0.1, -0.05) is 11.6 Å². The van der Waals surface area contributed by atoms with E-state index in [9.17, 15) is 31.9 Å². The second-order valence-electron chi connectivity index (χ2n) is 7.24. The summed E-state index contributed by atoms with van der Waals surface area (Å²) < 4.78 is 57.4. The first-order valence-corrected chi connectivity index (χ1v) is 8.99. The molecule has 0 radical (unpaired) electrons. The largest absolute Gasteiger partial charge is 0.523 e. The highest BCUT2D eigenvalue weighted by atomic mass is 35.5. The number of ether oxygens (including phenoxy) is 2. The summed E-state index contributed by atoms with van der Waals surface area (Å²) >= 11 is 5.56. The van der Waals surface area contributed by atoms with E-state index in [0.717, 1.165) is 6.07 Å². The van der Waals surface area contributed by atoms with Gasteiger partial charge in [0.1, 0.15) is 18.2 Å². The quantitative estimate of drug-likeness (QED) is 0.429. The van der Waals surface area contributed by atoms with Gasteiger partial charge in [-0.15, -0.1) is 13.2 Å². The second kappa shape index (κ2) is 7.91. The first-order chi connectivity index (χ1) is 13.9. The topological polar surface area (TPSA) is 106 Å². The molecule has 0 heterocycles. The number of amides is 3. The smallest absolute Gasteiger partial charge is 0.484 e. The zero-order valence-electron chi connectivity index (χ0n) is 15.2. The summed E-state index contributed by atoms with van der Waals surface area (Å²) in [5, 5.41) is 2.66. The summed E-state index contributed by atoms with van der Waals surface area (Å²) in [4.78, 5) is 35.4. The van der Waals surface area contributed by atoms with Crippen molar-refractivity contribution in [2.75, 3.05) is 13.2 Å². The van der Waals surface area contributed by atoms with Crippen LogP contribution in [0.4, 0.5) is 17.6 Å². The number of hydrogen-bond donors (Lipinski definition) is 3. The maximum absolute atomic E-state index is 13.3. The molecule has 3 amide bonds. The monoisotopic (exact) mass is 453 g/mol. The molecule has 1 aromatic carbocycles. The first-order valence-electron chi connectivity index (χ1n) is 8.61. The minimum absolute atomic E-state index is 0.0756. The van der Waals surface area contributed by atoms with Gasteiger partial charge < -0.3 is 10.1 Å². The molecule has 3 aliphatic rings. The van der Waals surface area contributed by atoms with Crippen LogP contribution in [0.2, 0.25) is 5.02 Å². The highest BCUT2D eigenvalue weighted by Gasteiger charge is 2.72. The van der Waals surface area contributed by atoms with Crippen molar-refractivity contribution in [3.63, 3.8) is 0 Å². The van der Waals surface area contributed by atoms with Gasteiger partial charge in [0.2, 0.25) is 5.91 Å². The van der Waals surface area contributed by atoms with Crippen molar-refractivity contribution in [1.82, 2.24) is 16.2 Å². The Bertz CT molecular complexity index is 860. The summed E-state index contributed by atoms with van der Waals surface area (Å²) in [5.74, 6) is -2.74. The summed E-state index contributed by atoms with van der Waals surface area (Å²) in [6.07, 6.45) is -4.03. The van der Waals surface area contributed by atoms with Crippen LogP contribution in [0, 0.1) is 11.2 Å².